The minimum absolute atomic E-state index is 0.569. The highest BCUT2D eigenvalue weighted by Gasteiger charge is 2.35. The van der Waals surface area contributed by atoms with E-state index in [1.54, 1.807) is 0 Å². The van der Waals surface area contributed by atoms with Crippen LogP contribution in [0, 0.1) is 16.0 Å². The van der Waals surface area contributed by atoms with Gasteiger partial charge in [0.2, 0.25) is 0 Å². The molecule has 0 spiro atoms. The summed E-state index contributed by atoms with van der Waals surface area (Å²) in [6.45, 7) is 5.58. The molecule has 1 aromatic heterocycles. The Hall–Kier alpha value is -0.0600. The standard InChI is InChI=1S/C11H17IN2/c1-3-11(5-4-6-11)8-14-9(2)7-10(12)13-14/h7H,3-6,8H2,1-2H3. The fourth-order valence-electron chi connectivity index (χ4n) is 2.25. The largest absolute Gasteiger partial charge is 0.268 e. The number of rotatable bonds is 3. The van der Waals surface area contributed by atoms with Crippen LogP contribution in [-0.4, -0.2) is 9.78 Å². The Bertz CT molecular complexity index is 321. The molecule has 0 amide bonds. The van der Waals surface area contributed by atoms with E-state index in [4.69, 9.17) is 0 Å². The first kappa shape index (κ1) is 10.5. The molecule has 1 saturated carbocycles. The number of aromatic nitrogens is 2. The second-order valence-electron chi connectivity index (χ2n) is 4.47. The lowest BCUT2D eigenvalue weighted by Gasteiger charge is -2.41. The summed E-state index contributed by atoms with van der Waals surface area (Å²) in [5.74, 6) is 0. The van der Waals surface area contributed by atoms with Gasteiger partial charge in [0.1, 0.15) is 3.70 Å². The minimum Gasteiger partial charge on any atom is -0.268 e. The number of aryl methyl sites for hydroxylation is 1. The Labute approximate surface area is 99.2 Å². The predicted octanol–water partition coefficient (Wildman–Crippen LogP) is 3.38. The van der Waals surface area contributed by atoms with Crippen molar-refractivity contribution in [2.24, 2.45) is 5.41 Å². The average molecular weight is 304 g/mol. The van der Waals surface area contributed by atoms with Crippen LogP contribution >= 0.6 is 22.6 Å². The molecule has 78 valence electrons. The first-order chi connectivity index (χ1) is 6.65. The van der Waals surface area contributed by atoms with E-state index in [1.165, 1.54) is 31.4 Å². The van der Waals surface area contributed by atoms with E-state index in [0.29, 0.717) is 5.41 Å². The Morgan fingerprint density at radius 1 is 1.57 bits per heavy atom. The van der Waals surface area contributed by atoms with Crippen LogP contribution < -0.4 is 0 Å². The number of hydrogen-bond donors (Lipinski definition) is 0. The lowest BCUT2D eigenvalue weighted by atomic mass is 9.67. The lowest BCUT2D eigenvalue weighted by Crippen LogP contribution is -2.34. The predicted molar refractivity (Wildman–Crippen MR) is 66.3 cm³/mol. The van der Waals surface area contributed by atoms with Crippen molar-refractivity contribution in [3.63, 3.8) is 0 Å². The van der Waals surface area contributed by atoms with Crippen molar-refractivity contribution in [1.82, 2.24) is 9.78 Å². The Morgan fingerprint density at radius 3 is 2.64 bits per heavy atom. The van der Waals surface area contributed by atoms with Crippen LogP contribution in [0.5, 0.6) is 0 Å². The molecule has 0 radical (unpaired) electrons. The third-order valence-electron chi connectivity index (χ3n) is 3.60. The molecule has 2 rings (SSSR count). The Balaban J connectivity index is 2.13. The van der Waals surface area contributed by atoms with Crippen molar-refractivity contribution in [3.8, 4) is 0 Å². The molecule has 2 nitrogen and oxygen atoms in total. The zero-order chi connectivity index (χ0) is 10.2. The minimum atomic E-state index is 0.569. The van der Waals surface area contributed by atoms with Crippen molar-refractivity contribution in [2.45, 2.75) is 46.1 Å². The highest BCUT2D eigenvalue weighted by Crippen LogP contribution is 2.45. The van der Waals surface area contributed by atoms with Gasteiger partial charge in [-0.2, -0.15) is 5.10 Å². The quantitative estimate of drug-likeness (QED) is 0.783. The molecule has 1 aromatic rings. The van der Waals surface area contributed by atoms with E-state index >= 15 is 0 Å². The molecule has 1 aliphatic rings. The molecule has 0 bridgehead atoms. The van der Waals surface area contributed by atoms with Gasteiger partial charge in [-0.3, -0.25) is 4.68 Å². The second-order valence-corrected chi connectivity index (χ2v) is 5.58. The van der Waals surface area contributed by atoms with Gasteiger partial charge in [0.05, 0.1) is 0 Å². The van der Waals surface area contributed by atoms with E-state index < -0.39 is 0 Å². The van der Waals surface area contributed by atoms with Gasteiger partial charge >= 0.3 is 0 Å². The summed E-state index contributed by atoms with van der Waals surface area (Å²) >= 11 is 2.29. The van der Waals surface area contributed by atoms with E-state index in [1.807, 2.05) is 0 Å². The summed E-state index contributed by atoms with van der Waals surface area (Å²) < 4.78 is 3.30. The second kappa shape index (κ2) is 3.83. The average Bonchev–Trinajstić information content (AvgIpc) is 2.38. The highest BCUT2D eigenvalue weighted by atomic mass is 127. The van der Waals surface area contributed by atoms with Gasteiger partial charge in [0.15, 0.2) is 0 Å². The molecule has 0 aliphatic heterocycles. The molecule has 0 saturated heterocycles. The molecule has 1 fully saturated rings. The summed E-state index contributed by atoms with van der Waals surface area (Å²) in [5.41, 5.74) is 1.87. The highest BCUT2D eigenvalue weighted by molar-refractivity contribution is 14.1. The zero-order valence-electron chi connectivity index (χ0n) is 8.89. The summed E-state index contributed by atoms with van der Waals surface area (Å²) in [5, 5.41) is 4.53. The van der Waals surface area contributed by atoms with Crippen LogP contribution in [0.1, 0.15) is 38.3 Å². The monoisotopic (exact) mass is 304 g/mol. The van der Waals surface area contributed by atoms with Crippen LogP contribution in [0.3, 0.4) is 0 Å². The van der Waals surface area contributed by atoms with Crippen molar-refractivity contribution in [2.75, 3.05) is 0 Å². The van der Waals surface area contributed by atoms with E-state index in [9.17, 15) is 0 Å². The maximum absolute atomic E-state index is 4.53. The summed E-state index contributed by atoms with van der Waals surface area (Å²) in [4.78, 5) is 0. The van der Waals surface area contributed by atoms with Gasteiger partial charge < -0.3 is 0 Å². The Kier molecular flexibility index (Phi) is 2.86. The zero-order valence-corrected chi connectivity index (χ0v) is 11.0. The van der Waals surface area contributed by atoms with Crippen molar-refractivity contribution in [1.29, 1.82) is 0 Å². The maximum atomic E-state index is 4.53. The third-order valence-corrected chi connectivity index (χ3v) is 4.13. The van der Waals surface area contributed by atoms with Gasteiger partial charge in [-0.1, -0.05) is 13.3 Å². The van der Waals surface area contributed by atoms with Crippen molar-refractivity contribution >= 4 is 22.6 Å². The molecular weight excluding hydrogens is 287 g/mol. The van der Waals surface area contributed by atoms with Crippen LogP contribution in [0.25, 0.3) is 0 Å². The molecule has 14 heavy (non-hydrogen) atoms. The number of hydrogen-bond acceptors (Lipinski definition) is 1. The van der Waals surface area contributed by atoms with Crippen molar-refractivity contribution in [3.05, 3.63) is 15.5 Å². The van der Waals surface area contributed by atoms with E-state index in [-0.39, 0.29) is 0 Å². The lowest BCUT2D eigenvalue weighted by molar-refractivity contribution is 0.0939. The number of halogens is 1. The first-order valence-corrected chi connectivity index (χ1v) is 6.43. The fourth-order valence-corrected chi connectivity index (χ4v) is 2.96. The molecule has 0 atom stereocenters. The molecule has 0 N–H and O–H groups in total. The summed E-state index contributed by atoms with van der Waals surface area (Å²) in [6, 6.07) is 2.16. The Morgan fingerprint density at radius 2 is 2.29 bits per heavy atom. The molecule has 1 heterocycles. The van der Waals surface area contributed by atoms with Crippen LogP contribution in [0.15, 0.2) is 6.07 Å². The van der Waals surface area contributed by atoms with E-state index in [2.05, 4.69) is 52.3 Å². The topological polar surface area (TPSA) is 17.8 Å². The third kappa shape index (κ3) is 1.83. The summed E-state index contributed by atoms with van der Waals surface area (Å²) in [6.07, 6.45) is 5.48. The first-order valence-electron chi connectivity index (χ1n) is 5.35. The maximum Gasteiger partial charge on any atom is 0.123 e. The smallest absolute Gasteiger partial charge is 0.123 e. The molecule has 1 aliphatic carbocycles. The van der Waals surface area contributed by atoms with Gasteiger partial charge in [0.25, 0.3) is 0 Å². The summed E-state index contributed by atoms with van der Waals surface area (Å²) in [7, 11) is 0. The van der Waals surface area contributed by atoms with Gasteiger partial charge in [0, 0.05) is 12.2 Å². The fraction of sp³-hybridized carbons (Fsp3) is 0.727. The molecular formula is C11H17IN2. The van der Waals surface area contributed by atoms with Gasteiger partial charge in [-0.25, -0.2) is 0 Å². The normalized spacial score (nSPS) is 19.4. The SMILES string of the molecule is CCC1(Cn2nc(I)cc2C)CCC1. The van der Waals surface area contributed by atoms with Crippen LogP contribution in [0.2, 0.25) is 0 Å². The van der Waals surface area contributed by atoms with Gasteiger partial charge in [-0.05, 0) is 60.3 Å². The van der Waals surface area contributed by atoms with E-state index in [0.717, 1.165) is 10.2 Å². The van der Waals surface area contributed by atoms with Crippen molar-refractivity contribution < 1.29 is 0 Å². The van der Waals surface area contributed by atoms with Crippen LogP contribution in [-0.2, 0) is 6.54 Å². The molecule has 0 unspecified atom stereocenters. The molecule has 3 heteroatoms. The van der Waals surface area contributed by atoms with Gasteiger partial charge in [-0.15, -0.1) is 0 Å². The molecule has 0 aromatic carbocycles. The number of nitrogens with zero attached hydrogens (tertiary/aromatic N) is 2. The van der Waals surface area contributed by atoms with Crippen LogP contribution in [0.4, 0.5) is 0 Å².